The second-order valence-electron chi connectivity index (χ2n) is 4.88. The van der Waals surface area contributed by atoms with E-state index in [-0.39, 0.29) is 6.10 Å². The van der Waals surface area contributed by atoms with E-state index in [9.17, 15) is 4.79 Å². The first kappa shape index (κ1) is 15.5. The van der Waals surface area contributed by atoms with Gasteiger partial charge in [-0.1, -0.05) is 50.1 Å². The van der Waals surface area contributed by atoms with Crippen molar-refractivity contribution < 1.29 is 14.6 Å². The fraction of sp³-hybridized carbons (Fsp3) is 0.562. The average molecular weight is 264 g/mol. The topological polar surface area (TPSA) is 46.5 Å². The SMILES string of the molecule is CCCCC(CCCCc1ccccc1)OC(=O)O. The van der Waals surface area contributed by atoms with Crippen LogP contribution in [0.5, 0.6) is 0 Å². The van der Waals surface area contributed by atoms with Crippen LogP contribution < -0.4 is 0 Å². The van der Waals surface area contributed by atoms with Gasteiger partial charge < -0.3 is 9.84 Å². The summed E-state index contributed by atoms with van der Waals surface area (Å²) in [5.74, 6) is 0. The van der Waals surface area contributed by atoms with Gasteiger partial charge in [-0.05, 0) is 37.7 Å². The monoisotopic (exact) mass is 264 g/mol. The molecule has 3 heteroatoms. The zero-order chi connectivity index (χ0) is 13.9. The zero-order valence-electron chi connectivity index (χ0n) is 11.7. The minimum atomic E-state index is -1.15. The first-order valence-electron chi connectivity index (χ1n) is 7.16. The second kappa shape index (κ2) is 9.42. The molecule has 3 nitrogen and oxygen atoms in total. The van der Waals surface area contributed by atoms with Gasteiger partial charge in [0.2, 0.25) is 0 Å². The van der Waals surface area contributed by atoms with E-state index in [0.717, 1.165) is 44.9 Å². The molecule has 0 saturated heterocycles. The molecular formula is C16H24O3. The molecule has 1 N–H and O–H groups in total. The van der Waals surface area contributed by atoms with Gasteiger partial charge in [0.25, 0.3) is 0 Å². The summed E-state index contributed by atoms with van der Waals surface area (Å²) in [4.78, 5) is 10.6. The van der Waals surface area contributed by atoms with Crippen molar-refractivity contribution in [1.82, 2.24) is 0 Å². The van der Waals surface area contributed by atoms with E-state index in [4.69, 9.17) is 9.84 Å². The molecule has 1 unspecified atom stereocenters. The Hall–Kier alpha value is -1.51. The number of hydrogen-bond acceptors (Lipinski definition) is 2. The smallest absolute Gasteiger partial charge is 0.450 e. The fourth-order valence-corrected chi connectivity index (χ4v) is 2.18. The number of rotatable bonds is 9. The number of ether oxygens (including phenoxy) is 1. The summed E-state index contributed by atoms with van der Waals surface area (Å²) < 4.78 is 4.92. The molecule has 1 atom stereocenters. The van der Waals surface area contributed by atoms with Crippen LogP contribution in [0.2, 0.25) is 0 Å². The highest BCUT2D eigenvalue weighted by Gasteiger charge is 2.12. The van der Waals surface area contributed by atoms with Crippen molar-refractivity contribution in [2.75, 3.05) is 0 Å². The van der Waals surface area contributed by atoms with E-state index in [1.54, 1.807) is 0 Å². The van der Waals surface area contributed by atoms with Gasteiger partial charge in [-0.3, -0.25) is 0 Å². The summed E-state index contributed by atoms with van der Waals surface area (Å²) in [6, 6.07) is 10.4. The van der Waals surface area contributed by atoms with Crippen LogP contribution in [0.4, 0.5) is 4.79 Å². The molecule has 0 radical (unpaired) electrons. The lowest BCUT2D eigenvalue weighted by Gasteiger charge is -2.15. The van der Waals surface area contributed by atoms with Gasteiger partial charge >= 0.3 is 6.16 Å². The lowest BCUT2D eigenvalue weighted by molar-refractivity contribution is 0.0425. The molecule has 0 heterocycles. The van der Waals surface area contributed by atoms with Crippen LogP contribution in [0.1, 0.15) is 51.0 Å². The van der Waals surface area contributed by atoms with Crippen LogP contribution in [0.25, 0.3) is 0 Å². The van der Waals surface area contributed by atoms with E-state index < -0.39 is 6.16 Å². The van der Waals surface area contributed by atoms with Crippen LogP contribution in [0.3, 0.4) is 0 Å². The summed E-state index contributed by atoms with van der Waals surface area (Å²) in [6.07, 6.45) is 5.63. The molecule has 19 heavy (non-hydrogen) atoms. The van der Waals surface area contributed by atoms with Crippen LogP contribution in [0.15, 0.2) is 30.3 Å². The predicted molar refractivity (Wildman–Crippen MR) is 76.4 cm³/mol. The van der Waals surface area contributed by atoms with Crippen molar-refractivity contribution in [3.8, 4) is 0 Å². The molecule has 0 spiro atoms. The van der Waals surface area contributed by atoms with Crippen molar-refractivity contribution in [2.45, 2.75) is 58.0 Å². The van der Waals surface area contributed by atoms with Gasteiger partial charge in [0.15, 0.2) is 0 Å². The zero-order valence-corrected chi connectivity index (χ0v) is 11.7. The van der Waals surface area contributed by atoms with Crippen molar-refractivity contribution >= 4 is 6.16 Å². The van der Waals surface area contributed by atoms with Crippen molar-refractivity contribution in [2.24, 2.45) is 0 Å². The maximum atomic E-state index is 10.6. The van der Waals surface area contributed by atoms with Crippen molar-refractivity contribution in [1.29, 1.82) is 0 Å². The largest absolute Gasteiger partial charge is 0.506 e. The van der Waals surface area contributed by atoms with Crippen LogP contribution in [0, 0.1) is 0 Å². The summed E-state index contributed by atoms with van der Waals surface area (Å²) in [5, 5.41) is 8.70. The van der Waals surface area contributed by atoms with E-state index >= 15 is 0 Å². The molecular weight excluding hydrogens is 240 g/mol. The Balaban J connectivity index is 2.21. The molecule has 1 aromatic carbocycles. The predicted octanol–water partition coefficient (Wildman–Crippen LogP) is 4.65. The number of aryl methyl sites for hydroxylation is 1. The standard InChI is InChI=1S/C16H24O3/c1-2-3-12-15(19-16(17)18)13-8-7-11-14-9-5-4-6-10-14/h4-6,9-10,15H,2-3,7-8,11-13H2,1H3,(H,17,18). The van der Waals surface area contributed by atoms with Gasteiger partial charge in [-0.25, -0.2) is 4.79 Å². The normalized spacial score (nSPS) is 12.1. The third kappa shape index (κ3) is 7.50. The maximum absolute atomic E-state index is 10.6. The fourth-order valence-electron chi connectivity index (χ4n) is 2.18. The summed E-state index contributed by atoms with van der Waals surface area (Å²) in [5.41, 5.74) is 1.34. The second-order valence-corrected chi connectivity index (χ2v) is 4.88. The third-order valence-electron chi connectivity index (χ3n) is 3.23. The number of hydrogen-bond donors (Lipinski definition) is 1. The van der Waals surface area contributed by atoms with Crippen LogP contribution in [-0.2, 0) is 11.2 Å². The van der Waals surface area contributed by atoms with Crippen molar-refractivity contribution in [3.05, 3.63) is 35.9 Å². The molecule has 0 aliphatic carbocycles. The minimum Gasteiger partial charge on any atom is -0.450 e. The molecule has 0 aromatic heterocycles. The number of carbonyl (C=O) groups is 1. The summed E-state index contributed by atoms with van der Waals surface area (Å²) in [7, 11) is 0. The third-order valence-corrected chi connectivity index (χ3v) is 3.23. The Labute approximate surface area is 115 Å². The Morgan fingerprint density at radius 3 is 2.47 bits per heavy atom. The number of unbranched alkanes of at least 4 members (excludes halogenated alkanes) is 2. The lowest BCUT2D eigenvalue weighted by Crippen LogP contribution is -2.16. The molecule has 0 amide bonds. The molecule has 1 rings (SSSR count). The molecule has 0 aliphatic rings. The highest BCUT2D eigenvalue weighted by Crippen LogP contribution is 2.14. The highest BCUT2D eigenvalue weighted by molar-refractivity contribution is 5.57. The quantitative estimate of drug-likeness (QED) is 0.521. The van der Waals surface area contributed by atoms with Gasteiger partial charge in [0.05, 0.1) is 0 Å². The van der Waals surface area contributed by atoms with Gasteiger partial charge in [0, 0.05) is 0 Å². The van der Waals surface area contributed by atoms with Gasteiger partial charge in [0.1, 0.15) is 6.10 Å². The average Bonchev–Trinajstić information content (AvgIpc) is 2.41. The summed E-state index contributed by atoms with van der Waals surface area (Å²) in [6.45, 7) is 2.10. The van der Waals surface area contributed by atoms with E-state index in [1.807, 2.05) is 18.2 Å². The Kier molecular flexibility index (Phi) is 7.71. The maximum Gasteiger partial charge on any atom is 0.506 e. The van der Waals surface area contributed by atoms with Gasteiger partial charge in [-0.15, -0.1) is 0 Å². The minimum absolute atomic E-state index is 0.131. The number of carboxylic acid groups (broad SMARTS) is 1. The number of benzene rings is 1. The Morgan fingerprint density at radius 2 is 1.84 bits per heavy atom. The van der Waals surface area contributed by atoms with Gasteiger partial charge in [-0.2, -0.15) is 0 Å². The molecule has 0 aliphatic heterocycles. The van der Waals surface area contributed by atoms with Crippen LogP contribution >= 0.6 is 0 Å². The molecule has 1 aromatic rings. The molecule has 0 fully saturated rings. The molecule has 0 saturated carbocycles. The van der Waals surface area contributed by atoms with E-state index in [1.165, 1.54) is 5.56 Å². The summed E-state index contributed by atoms with van der Waals surface area (Å²) >= 11 is 0. The Bertz CT molecular complexity index is 348. The first-order chi connectivity index (χ1) is 9.22. The molecule has 0 bridgehead atoms. The van der Waals surface area contributed by atoms with E-state index in [2.05, 4.69) is 19.1 Å². The Morgan fingerprint density at radius 1 is 1.16 bits per heavy atom. The van der Waals surface area contributed by atoms with E-state index in [0.29, 0.717) is 0 Å². The van der Waals surface area contributed by atoms with Crippen LogP contribution in [-0.4, -0.2) is 17.4 Å². The van der Waals surface area contributed by atoms with Crippen molar-refractivity contribution in [3.63, 3.8) is 0 Å². The molecule has 106 valence electrons. The highest BCUT2D eigenvalue weighted by atomic mass is 16.7. The lowest BCUT2D eigenvalue weighted by atomic mass is 10.0. The first-order valence-corrected chi connectivity index (χ1v) is 7.16.